The summed E-state index contributed by atoms with van der Waals surface area (Å²) in [5.74, 6) is 0.473. The van der Waals surface area contributed by atoms with Crippen molar-refractivity contribution in [2.75, 3.05) is 17.2 Å². The number of hydrogen-bond donors (Lipinski definition) is 4. The molecule has 0 radical (unpaired) electrons. The van der Waals surface area contributed by atoms with Crippen molar-refractivity contribution in [2.45, 2.75) is 0 Å². The fourth-order valence-electron chi connectivity index (χ4n) is 1.48. The number of nitrogens with zero attached hydrogens (tertiary/aromatic N) is 2. The molecule has 2 aromatic carbocycles. The number of rotatable bonds is 0. The number of nitrogens with two attached hydrogens (primary N) is 3. The summed E-state index contributed by atoms with van der Waals surface area (Å²) < 4.78 is 0. The number of fused-ring (bicyclic) bond motifs is 1. The van der Waals surface area contributed by atoms with Crippen molar-refractivity contribution in [1.82, 2.24) is 9.97 Å². The third kappa shape index (κ3) is 6.22. The van der Waals surface area contributed by atoms with Gasteiger partial charge in [0.2, 0.25) is 0 Å². The van der Waals surface area contributed by atoms with Crippen molar-refractivity contribution < 1.29 is 0 Å². The number of nitriles is 1. The minimum atomic E-state index is 0. The van der Waals surface area contributed by atoms with E-state index in [4.69, 9.17) is 22.5 Å². The molecule has 0 aliphatic carbocycles. The van der Waals surface area contributed by atoms with Crippen molar-refractivity contribution in [3.05, 3.63) is 48.5 Å². The number of para-hydroxylation sites is 4. The van der Waals surface area contributed by atoms with Crippen LogP contribution in [0.1, 0.15) is 0 Å². The number of imidazole rings is 1. The van der Waals surface area contributed by atoms with Gasteiger partial charge in [0.15, 0.2) is 11.5 Å². The molecule has 0 bridgehead atoms. The first-order valence-corrected chi connectivity index (χ1v) is 6.26. The molecule has 0 atom stereocenters. The Morgan fingerprint density at radius 2 is 1.41 bits per heavy atom. The Bertz CT molecular complexity index is 681. The van der Waals surface area contributed by atoms with Gasteiger partial charge in [-0.25, -0.2) is 4.98 Å². The van der Waals surface area contributed by atoms with Crippen LogP contribution in [-0.4, -0.2) is 9.97 Å². The zero-order valence-electron chi connectivity index (χ0n) is 11.5. The van der Waals surface area contributed by atoms with Gasteiger partial charge in [-0.05, 0) is 24.3 Å². The number of halogens is 2. The number of nitrogen functional groups attached to an aromatic ring is 3. The van der Waals surface area contributed by atoms with Crippen LogP contribution in [0.5, 0.6) is 0 Å². The lowest BCUT2D eigenvalue weighted by Crippen LogP contribution is -1.91. The monoisotopic (exact) mass is 338 g/mol. The summed E-state index contributed by atoms with van der Waals surface area (Å²) in [6.45, 7) is 0. The van der Waals surface area contributed by atoms with Crippen molar-refractivity contribution in [2.24, 2.45) is 0 Å². The maximum atomic E-state index is 7.08. The molecule has 0 spiro atoms. The van der Waals surface area contributed by atoms with Crippen LogP contribution >= 0.6 is 24.0 Å². The standard InChI is InChI=1S/C7H7N3.C6H8N2.CClN.ClH/c8-7-9-5-3-1-2-4-6(5)10-7;7-5-3-1-2-4-6(5)8;2-1-3;/h1-4H,(H3,8,9,10);1-4H,7-8H2;;1H. The summed E-state index contributed by atoms with van der Waals surface area (Å²) in [4.78, 5) is 6.96. The van der Waals surface area contributed by atoms with Gasteiger partial charge < -0.3 is 22.2 Å². The molecule has 0 amide bonds. The molecule has 0 aliphatic heterocycles. The van der Waals surface area contributed by atoms with E-state index in [1.165, 1.54) is 5.53 Å². The molecule has 3 aromatic rings. The highest BCUT2D eigenvalue weighted by Gasteiger charge is 1.94. The molecule has 0 saturated carbocycles. The summed E-state index contributed by atoms with van der Waals surface area (Å²) >= 11 is 4.30. The van der Waals surface area contributed by atoms with E-state index >= 15 is 0 Å². The summed E-state index contributed by atoms with van der Waals surface area (Å²) in [7, 11) is 0. The predicted molar refractivity (Wildman–Crippen MR) is 94.5 cm³/mol. The highest BCUT2D eigenvalue weighted by Crippen LogP contribution is 2.11. The SMILES string of the molecule is Cl.N#CCl.Nc1ccccc1N.Nc1nc2ccccc2[nH]1. The van der Waals surface area contributed by atoms with E-state index in [0.29, 0.717) is 17.3 Å². The molecule has 22 heavy (non-hydrogen) atoms. The number of benzene rings is 2. The van der Waals surface area contributed by atoms with E-state index in [1.807, 2.05) is 36.4 Å². The number of H-pyrrole nitrogens is 1. The van der Waals surface area contributed by atoms with Gasteiger partial charge >= 0.3 is 0 Å². The van der Waals surface area contributed by atoms with Crippen LogP contribution in [0, 0.1) is 10.8 Å². The van der Waals surface area contributed by atoms with Crippen LogP contribution in [0.15, 0.2) is 48.5 Å². The summed E-state index contributed by atoms with van der Waals surface area (Å²) in [5, 5.41) is 7.08. The highest BCUT2D eigenvalue weighted by atomic mass is 35.5. The van der Waals surface area contributed by atoms with Gasteiger partial charge in [0.05, 0.1) is 22.4 Å². The fourth-order valence-corrected chi connectivity index (χ4v) is 1.48. The number of aromatic amines is 1. The van der Waals surface area contributed by atoms with Gasteiger partial charge in [0.25, 0.3) is 0 Å². The van der Waals surface area contributed by atoms with E-state index < -0.39 is 0 Å². The van der Waals surface area contributed by atoms with Crippen molar-refractivity contribution in [3.63, 3.8) is 0 Å². The molecule has 1 heterocycles. The second-order valence-electron chi connectivity index (χ2n) is 3.85. The molecule has 116 valence electrons. The first kappa shape index (κ1) is 19.4. The van der Waals surface area contributed by atoms with Gasteiger partial charge in [0.1, 0.15) is 0 Å². The number of anilines is 3. The highest BCUT2D eigenvalue weighted by molar-refractivity contribution is 6.28. The molecule has 6 nitrogen and oxygen atoms in total. The topological polar surface area (TPSA) is 131 Å². The van der Waals surface area contributed by atoms with Crippen LogP contribution in [-0.2, 0) is 0 Å². The average Bonchev–Trinajstić information content (AvgIpc) is 2.84. The molecule has 0 aliphatic rings. The molecule has 0 saturated heterocycles. The molecule has 3 rings (SSSR count). The number of aromatic nitrogens is 2. The quantitative estimate of drug-likeness (QED) is 0.467. The Morgan fingerprint density at radius 1 is 0.955 bits per heavy atom. The minimum absolute atomic E-state index is 0. The fraction of sp³-hybridized carbons (Fsp3) is 0. The Morgan fingerprint density at radius 3 is 1.86 bits per heavy atom. The lowest BCUT2D eigenvalue weighted by molar-refractivity contribution is 1.35. The van der Waals surface area contributed by atoms with Gasteiger partial charge in [-0.15, -0.1) is 12.4 Å². The molecule has 1 aromatic heterocycles. The van der Waals surface area contributed by atoms with Gasteiger partial charge in [-0.2, -0.15) is 5.26 Å². The van der Waals surface area contributed by atoms with Crippen LogP contribution in [0.4, 0.5) is 17.3 Å². The Hall–Kier alpha value is -2.62. The van der Waals surface area contributed by atoms with E-state index in [-0.39, 0.29) is 12.4 Å². The first-order chi connectivity index (χ1) is 10.1. The van der Waals surface area contributed by atoms with E-state index in [0.717, 1.165) is 11.0 Å². The Kier molecular flexibility index (Phi) is 8.95. The lowest BCUT2D eigenvalue weighted by atomic mass is 10.3. The minimum Gasteiger partial charge on any atom is -0.397 e. The van der Waals surface area contributed by atoms with Gasteiger partial charge in [-0.1, -0.05) is 24.3 Å². The van der Waals surface area contributed by atoms with Crippen LogP contribution in [0.25, 0.3) is 11.0 Å². The molecular weight excluding hydrogens is 323 g/mol. The Labute approximate surface area is 139 Å². The Balaban J connectivity index is 0.000000335. The summed E-state index contributed by atoms with van der Waals surface area (Å²) in [5.41, 5.74) is 20.6. The second kappa shape index (κ2) is 10.2. The van der Waals surface area contributed by atoms with Crippen molar-refractivity contribution in [1.29, 1.82) is 5.26 Å². The van der Waals surface area contributed by atoms with Crippen LogP contribution in [0.3, 0.4) is 0 Å². The molecule has 7 N–H and O–H groups in total. The first-order valence-electron chi connectivity index (χ1n) is 5.88. The maximum Gasteiger partial charge on any atom is 0.198 e. The number of hydrogen-bond acceptors (Lipinski definition) is 5. The average molecular weight is 339 g/mol. The van der Waals surface area contributed by atoms with Gasteiger partial charge in [0, 0.05) is 11.6 Å². The smallest absolute Gasteiger partial charge is 0.198 e. The molecule has 8 heteroatoms. The van der Waals surface area contributed by atoms with Crippen LogP contribution in [0.2, 0.25) is 0 Å². The second-order valence-corrected chi connectivity index (χ2v) is 4.02. The van der Waals surface area contributed by atoms with E-state index in [9.17, 15) is 0 Å². The number of nitrogens with one attached hydrogen (secondary N) is 1. The van der Waals surface area contributed by atoms with Crippen molar-refractivity contribution >= 4 is 52.4 Å². The predicted octanol–water partition coefficient (Wildman–Crippen LogP) is 3.12. The van der Waals surface area contributed by atoms with E-state index in [2.05, 4.69) is 21.6 Å². The largest absolute Gasteiger partial charge is 0.397 e. The third-order valence-electron chi connectivity index (χ3n) is 2.40. The maximum absolute atomic E-state index is 7.08. The zero-order chi connectivity index (χ0) is 15.7. The van der Waals surface area contributed by atoms with Gasteiger partial charge in [-0.3, -0.25) is 0 Å². The normalized spacial score (nSPS) is 8.36. The zero-order valence-corrected chi connectivity index (χ0v) is 13.1. The van der Waals surface area contributed by atoms with E-state index in [1.54, 1.807) is 12.1 Å². The third-order valence-corrected chi connectivity index (χ3v) is 2.40. The molecule has 0 unspecified atom stereocenters. The lowest BCUT2D eigenvalue weighted by Gasteiger charge is -1.94. The summed E-state index contributed by atoms with van der Waals surface area (Å²) in [6, 6.07) is 15.0. The van der Waals surface area contributed by atoms with Crippen molar-refractivity contribution in [3.8, 4) is 5.53 Å². The molecule has 0 fully saturated rings. The summed E-state index contributed by atoms with van der Waals surface area (Å²) in [6.07, 6.45) is 0. The van der Waals surface area contributed by atoms with Crippen LogP contribution < -0.4 is 17.2 Å². The molecular formula is C14H16Cl2N6.